The summed E-state index contributed by atoms with van der Waals surface area (Å²) in [5.41, 5.74) is 0.248. The predicted molar refractivity (Wildman–Crippen MR) is 121 cm³/mol. The van der Waals surface area contributed by atoms with E-state index in [-0.39, 0.29) is 27.4 Å². The van der Waals surface area contributed by atoms with E-state index in [1.165, 1.54) is 36.4 Å². The molecule has 0 aliphatic carbocycles. The molecule has 0 spiro atoms. The van der Waals surface area contributed by atoms with Gasteiger partial charge in [-0.25, -0.2) is 8.42 Å². The zero-order chi connectivity index (χ0) is 23.2. The van der Waals surface area contributed by atoms with Crippen molar-refractivity contribution in [2.45, 2.75) is 49.8 Å². The number of methoxy groups -OCH3 is 1. The summed E-state index contributed by atoms with van der Waals surface area (Å²) < 4.78 is 35.5. The highest BCUT2D eigenvalue weighted by molar-refractivity contribution is 7.92. The van der Waals surface area contributed by atoms with Gasteiger partial charge in [-0.2, -0.15) is 0 Å². The molecule has 0 saturated heterocycles. The lowest BCUT2D eigenvalue weighted by Crippen LogP contribution is -2.16. The van der Waals surface area contributed by atoms with Crippen LogP contribution in [-0.2, 0) is 14.6 Å². The molecule has 31 heavy (non-hydrogen) atoms. The second-order valence-electron chi connectivity index (χ2n) is 7.40. The Morgan fingerprint density at radius 2 is 1.87 bits per heavy atom. The van der Waals surface area contributed by atoms with Gasteiger partial charge in [0.2, 0.25) is 0 Å². The van der Waals surface area contributed by atoms with Crippen LogP contribution in [0.5, 0.6) is 11.5 Å². The highest BCUT2D eigenvalue weighted by atomic mass is 35.5. The van der Waals surface area contributed by atoms with Crippen molar-refractivity contribution in [3.8, 4) is 11.5 Å². The van der Waals surface area contributed by atoms with E-state index in [2.05, 4.69) is 5.32 Å². The summed E-state index contributed by atoms with van der Waals surface area (Å²) in [5.74, 6) is 0.580. The average Bonchev–Trinajstić information content (AvgIpc) is 2.69. The number of nitro benzene ring substituents is 1. The number of nitro groups is 1. The van der Waals surface area contributed by atoms with Crippen LogP contribution in [0, 0.1) is 10.1 Å². The van der Waals surface area contributed by atoms with Crippen molar-refractivity contribution < 1.29 is 22.8 Å². The number of sulfone groups is 1. The smallest absolute Gasteiger partial charge is 0.292 e. The number of hydrogen-bond acceptors (Lipinski definition) is 7. The lowest BCUT2D eigenvalue weighted by molar-refractivity contribution is -0.384. The van der Waals surface area contributed by atoms with Gasteiger partial charge >= 0.3 is 0 Å². The third-order valence-corrected chi connectivity index (χ3v) is 7.08. The second-order valence-corrected chi connectivity index (χ2v) is 10.3. The minimum atomic E-state index is -3.47. The monoisotopic (exact) mass is 470 g/mol. The van der Waals surface area contributed by atoms with Crippen LogP contribution < -0.4 is 10.1 Å². The molecule has 0 aliphatic rings. The van der Waals surface area contributed by atoms with Crippen molar-refractivity contribution in [2.24, 2.45) is 0 Å². The first-order chi connectivity index (χ1) is 14.6. The zero-order valence-electron chi connectivity index (χ0n) is 17.9. The molecule has 1 atom stereocenters. The third kappa shape index (κ3) is 6.56. The molecule has 0 saturated carbocycles. The lowest BCUT2D eigenvalue weighted by Gasteiger charge is -2.16. The summed E-state index contributed by atoms with van der Waals surface area (Å²) in [4.78, 5) is 11.0. The Labute approximate surface area is 187 Å². The van der Waals surface area contributed by atoms with Crippen LogP contribution in [0.25, 0.3) is 0 Å². The summed E-state index contributed by atoms with van der Waals surface area (Å²) in [6.07, 6.45) is 1.59. The zero-order valence-corrected chi connectivity index (χ0v) is 19.5. The summed E-state index contributed by atoms with van der Waals surface area (Å²) in [6, 6.07) is 8.57. The van der Waals surface area contributed by atoms with Crippen molar-refractivity contribution >= 4 is 32.8 Å². The summed E-state index contributed by atoms with van der Waals surface area (Å²) >= 11 is 6.24. The number of nitrogens with zero attached hydrogens (tertiary/aromatic N) is 1. The molecular formula is C21H27ClN2O6S. The third-order valence-electron chi connectivity index (χ3n) is 4.63. The first-order valence-electron chi connectivity index (χ1n) is 9.81. The highest BCUT2D eigenvalue weighted by Crippen LogP contribution is 2.36. The molecule has 1 N–H and O–H groups in total. The Balaban J connectivity index is 2.26. The van der Waals surface area contributed by atoms with E-state index in [0.29, 0.717) is 18.0 Å². The highest BCUT2D eigenvalue weighted by Gasteiger charge is 2.21. The Kier molecular flexibility index (Phi) is 8.67. The molecule has 8 nitrogen and oxygen atoms in total. The number of anilines is 1. The molecule has 0 radical (unpaired) electrons. The van der Waals surface area contributed by atoms with Crippen LogP contribution in [0.4, 0.5) is 11.4 Å². The number of halogens is 1. The quantitative estimate of drug-likeness (QED) is 0.264. The maximum Gasteiger partial charge on any atom is 0.292 e. The van der Waals surface area contributed by atoms with E-state index in [9.17, 15) is 18.5 Å². The van der Waals surface area contributed by atoms with Crippen molar-refractivity contribution in [3.05, 3.63) is 51.5 Å². The van der Waals surface area contributed by atoms with Gasteiger partial charge in [-0.3, -0.25) is 10.1 Å². The number of nitrogens with one attached hydrogen (secondary N) is 1. The number of ether oxygens (including phenoxy) is 2. The second kappa shape index (κ2) is 10.8. The van der Waals surface area contributed by atoms with Crippen LogP contribution in [0.15, 0.2) is 41.3 Å². The lowest BCUT2D eigenvalue weighted by atomic mass is 10.1. The molecule has 1 unspecified atom stereocenters. The molecule has 170 valence electrons. The fraction of sp³-hybridized carbons (Fsp3) is 0.429. The first-order valence-corrected chi connectivity index (χ1v) is 11.7. The van der Waals surface area contributed by atoms with E-state index >= 15 is 0 Å². The first kappa shape index (κ1) is 24.9. The molecule has 0 fully saturated rings. The van der Waals surface area contributed by atoms with Crippen LogP contribution in [-0.4, -0.2) is 38.3 Å². The Morgan fingerprint density at radius 3 is 2.45 bits per heavy atom. The Bertz CT molecular complexity index is 1030. The minimum Gasteiger partial charge on any atom is -0.456 e. The van der Waals surface area contributed by atoms with Crippen LogP contribution >= 0.6 is 11.6 Å². The molecule has 0 aromatic heterocycles. The maximum absolute atomic E-state index is 12.3. The Hall–Kier alpha value is -2.36. The van der Waals surface area contributed by atoms with Crippen molar-refractivity contribution in [2.75, 3.05) is 19.0 Å². The normalized spacial score (nSPS) is 12.6. The number of rotatable bonds is 11. The maximum atomic E-state index is 12.3. The summed E-state index contributed by atoms with van der Waals surface area (Å²) in [6.45, 7) is 5.72. The van der Waals surface area contributed by atoms with Gasteiger partial charge in [-0.1, -0.05) is 11.6 Å². The van der Waals surface area contributed by atoms with Crippen molar-refractivity contribution in [1.82, 2.24) is 0 Å². The molecule has 2 aromatic rings. The van der Waals surface area contributed by atoms with Gasteiger partial charge in [-0.05, 0) is 57.9 Å². The SMILES string of the molecule is COCCCC(C)Nc1cc(Oc2ccc(S(=O)(=O)C(C)C)cc2Cl)ccc1[N+](=O)[O-]. The van der Waals surface area contributed by atoms with E-state index in [4.69, 9.17) is 21.1 Å². The number of benzene rings is 2. The number of hydrogen-bond donors (Lipinski definition) is 1. The molecule has 10 heteroatoms. The summed E-state index contributed by atoms with van der Waals surface area (Å²) in [5, 5.41) is 14.1. The summed E-state index contributed by atoms with van der Waals surface area (Å²) in [7, 11) is -1.84. The standard InChI is InChI=1S/C21H27ClN2O6S/c1-14(2)31(27,28)17-8-10-21(18(22)13-17)30-16-7-9-20(24(25)26)19(12-16)23-15(3)6-5-11-29-4/h7-10,12-15,23H,5-6,11H2,1-4H3. The fourth-order valence-electron chi connectivity index (χ4n) is 2.87. The predicted octanol–water partition coefficient (Wildman–Crippen LogP) is 5.45. The van der Waals surface area contributed by atoms with Crippen molar-refractivity contribution in [3.63, 3.8) is 0 Å². The van der Waals surface area contributed by atoms with Gasteiger partial charge in [0.1, 0.15) is 17.2 Å². The molecule has 0 bridgehead atoms. The van der Waals surface area contributed by atoms with E-state index < -0.39 is 20.0 Å². The van der Waals surface area contributed by atoms with Crippen LogP contribution in [0.3, 0.4) is 0 Å². The molecule has 2 rings (SSSR count). The minimum absolute atomic E-state index is 0.0202. The molecule has 2 aromatic carbocycles. The van der Waals surface area contributed by atoms with Crippen molar-refractivity contribution in [1.29, 1.82) is 0 Å². The molecular weight excluding hydrogens is 444 g/mol. The largest absolute Gasteiger partial charge is 0.456 e. The van der Waals surface area contributed by atoms with E-state index in [1.807, 2.05) is 6.92 Å². The van der Waals surface area contributed by atoms with Gasteiger partial charge in [0.25, 0.3) is 5.69 Å². The van der Waals surface area contributed by atoms with Crippen LogP contribution in [0.1, 0.15) is 33.6 Å². The van der Waals surface area contributed by atoms with Gasteiger partial charge in [0, 0.05) is 31.9 Å². The molecule has 0 heterocycles. The Morgan fingerprint density at radius 1 is 1.16 bits per heavy atom. The topological polar surface area (TPSA) is 108 Å². The average molecular weight is 471 g/mol. The van der Waals surface area contributed by atoms with E-state index in [0.717, 1.165) is 12.8 Å². The van der Waals surface area contributed by atoms with E-state index in [1.54, 1.807) is 21.0 Å². The van der Waals surface area contributed by atoms with Crippen LogP contribution in [0.2, 0.25) is 5.02 Å². The van der Waals surface area contributed by atoms with Gasteiger partial charge in [-0.15, -0.1) is 0 Å². The van der Waals surface area contributed by atoms with Gasteiger partial charge < -0.3 is 14.8 Å². The fourth-order valence-corrected chi connectivity index (χ4v) is 4.23. The molecule has 0 amide bonds. The molecule has 0 aliphatic heterocycles. The van der Waals surface area contributed by atoms with Gasteiger partial charge in [0.15, 0.2) is 9.84 Å². The van der Waals surface area contributed by atoms with Gasteiger partial charge in [0.05, 0.1) is 20.1 Å².